The molecule has 0 aliphatic heterocycles. The van der Waals surface area contributed by atoms with Crippen LogP contribution < -0.4 is 4.74 Å². The van der Waals surface area contributed by atoms with Gasteiger partial charge in [-0.05, 0) is 42.3 Å². The lowest BCUT2D eigenvalue weighted by atomic mass is 10.0. The van der Waals surface area contributed by atoms with Crippen LogP contribution in [0.3, 0.4) is 0 Å². The molecule has 0 saturated carbocycles. The molecule has 0 fully saturated rings. The number of ether oxygens (including phenoxy) is 1. The number of oxazole rings is 1. The van der Waals surface area contributed by atoms with Crippen molar-refractivity contribution in [3.05, 3.63) is 71.3 Å². The summed E-state index contributed by atoms with van der Waals surface area (Å²) in [7, 11) is 1.00. The zero-order valence-electron chi connectivity index (χ0n) is 20.4. The average molecular weight is 504 g/mol. The maximum atomic E-state index is 12.9. The molecule has 6 nitrogen and oxygen atoms in total. The van der Waals surface area contributed by atoms with Crippen LogP contribution in [0.1, 0.15) is 55.2 Å². The number of halogens is 3. The molecule has 0 bridgehead atoms. The topological polar surface area (TPSA) is 85.7 Å². The number of benzene rings is 2. The largest absolute Gasteiger partial charge is 0.493 e. The minimum atomic E-state index is -4.40. The van der Waals surface area contributed by atoms with Crippen molar-refractivity contribution in [1.82, 2.24) is 4.98 Å². The molecule has 0 unspecified atom stereocenters. The first-order chi connectivity index (χ1) is 17.2. The number of carbonyl (C=O) groups is 1. The average Bonchev–Trinajstić information content (AvgIpc) is 3.49. The van der Waals surface area contributed by atoms with Crippen LogP contribution in [0.25, 0.3) is 22.4 Å². The number of nitrogens with zero attached hydrogens (tertiary/aromatic N) is 1. The Bertz CT molecular complexity index is 1290. The Morgan fingerprint density at radius 1 is 1.08 bits per heavy atom. The van der Waals surface area contributed by atoms with Crippen LogP contribution in [0, 0.1) is 0 Å². The number of hydrogen-bond donors (Lipinski definition) is 1. The summed E-state index contributed by atoms with van der Waals surface area (Å²) < 4.78 is 56.1. The molecule has 2 aromatic heterocycles. The van der Waals surface area contributed by atoms with Gasteiger partial charge in [0.15, 0.2) is 0 Å². The lowest BCUT2D eigenvalue weighted by Crippen LogP contribution is -2.09. The van der Waals surface area contributed by atoms with Crippen LogP contribution in [-0.4, -0.2) is 30.1 Å². The second kappa shape index (κ2) is 11.4. The molecule has 0 saturated heterocycles. The first kappa shape index (κ1) is 27.0. The lowest BCUT2D eigenvalue weighted by molar-refractivity contribution is -0.137. The van der Waals surface area contributed by atoms with Crippen LogP contribution in [0.2, 0.25) is 0 Å². The van der Waals surface area contributed by atoms with Crippen LogP contribution in [0.15, 0.2) is 57.6 Å². The van der Waals surface area contributed by atoms with E-state index in [4.69, 9.17) is 18.7 Å². The standard InChI is InChI=1S/C26H24F3NO4.CH4O/c1-15(2)23-24(34-25(30-23)17-4-6-19(7-5-17)26(27,28)29)16(3)13-32-20-8-9-21-18(10-11-31)14-33-22(21)12-20;1-2/h4-9,11-12,14-16H,10,13H2,1-3H3;2H,1H3/t16-;/m1./s1. The minimum Gasteiger partial charge on any atom is -0.493 e. The van der Waals surface area contributed by atoms with Crippen LogP contribution in [0.5, 0.6) is 5.75 Å². The molecule has 4 rings (SSSR count). The number of rotatable bonds is 8. The van der Waals surface area contributed by atoms with E-state index in [-0.39, 0.29) is 24.1 Å². The third-order valence-electron chi connectivity index (χ3n) is 5.57. The van der Waals surface area contributed by atoms with Gasteiger partial charge in [0.1, 0.15) is 23.4 Å². The van der Waals surface area contributed by atoms with E-state index in [0.717, 1.165) is 42.2 Å². The highest BCUT2D eigenvalue weighted by Gasteiger charge is 2.30. The first-order valence-corrected chi connectivity index (χ1v) is 11.4. The molecule has 0 radical (unpaired) electrons. The smallest absolute Gasteiger partial charge is 0.416 e. The van der Waals surface area contributed by atoms with Gasteiger partial charge in [-0.2, -0.15) is 13.2 Å². The summed E-state index contributed by atoms with van der Waals surface area (Å²) >= 11 is 0. The zero-order valence-corrected chi connectivity index (χ0v) is 20.4. The van der Waals surface area contributed by atoms with Gasteiger partial charge in [-0.25, -0.2) is 4.98 Å². The Kier molecular flexibility index (Phi) is 8.57. The van der Waals surface area contributed by atoms with Crippen molar-refractivity contribution >= 4 is 17.3 Å². The van der Waals surface area contributed by atoms with E-state index in [1.54, 1.807) is 12.3 Å². The van der Waals surface area contributed by atoms with E-state index in [2.05, 4.69) is 4.98 Å². The number of alkyl halides is 3. The molecule has 1 atom stereocenters. The number of aliphatic hydroxyl groups is 1. The molecule has 0 aliphatic rings. The van der Waals surface area contributed by atoms with Crippen molar-refractivity contribution in [2.45, 2.75) is 45.2 Å². The highest BCUT2D eigenvalue weighted by Crippen LogP contribution is 2.34. The van der Waals surface area contributed by atoms with E-state index in [9.17, 15) is 18.0 Å². The van der Waals surface area contributed by atoms with Gasteiger partial charge < -0.3 is 23.5 Å². The van der Waals surface area contributed by atoms with Crippen molar-refractivity contribution in [3.63, 3.8) is 0 Å². The van der Waals surface area contributed by atoms with Crippen molar-refractivity contribution in [3.8, 4) is 17.2 Å². The predicted octanol–water partition coefficient (Wildman–Crippen LogP) is 6.76. The molecule has 0 spiro atoms. The molecule has 1 N–H and O–H groups in total. The number of carbonyl (C=O) groups excluding carboxylic acids is 1. The van der Waals surface area contributed by atoms with Crippen LogP contribution >= 0.6 is 0 Å². The molecule has 4 aromatic rings. The molecular formula is C27H28F3NO5. The van der Waals surface area contributed by atoms with Gasteiger partial charge in [0.05, 0.1) is 30.0 Å². The minimum absolute atomic E-state index is 0.0557. The van der Waals surface area contributed by atoms with E-state index in [1.165, 1.54) is 12.1 Å². The second-order valence-electron chi connectivity index (χ2n) is 8.50. The molecular weight excluding hydrogens is 475 g/mol. The Hall–Kier alpha value is -3.59. The Balaban J connectivity index is 0.00000176. The monoisotopic (exact) mass is 503 g/mol. The van der Waals surface area contributed by atoms with E-state index in [0.29, 0.717) is 29.3 Å². The maximum absolute atomic E-state index is 12.9. The summed E-state index contributed by atoms with van der Waals surface area (Å²) in [6, 6.07) is 10.2. The SMILES string of the molecule is CC(C)c1nc(-c2ccc(C(F)(F)F)cc2)oc1[C@H](C)COc1ccc2c(CC=O)coc2c1.CO. The maximum Gasteiger partial charge on any atom is 0.416 e. The normalized spacial score (nSPS) is 12.4. The summed E-state index contributed by atoms with van der Waals surface area (Å²) in [5.41, 5.74) is 1.95. The van der Waals surface area contributed by atoms with E-state index >= 15 is 0 Å². The summed E-state index contributed by atoms with van der Waals surface area (Å²) in [5, 5.41) is 7.87. The Morgan fingerprint density at radius 2 is 1.78 bits per heavy atom. The molecule has 9 heteroatoms. The van der Waals surface area contributed by atoms with Crippen molar-refractivity contribution < 1.29 is 36.6 Å². The van der Waals surface area contributed by atoms with Crippen molar-refractivity contribution in [2.24, 2.45) is 0 Å². The van der Waals surface area contributed by atoms with E-state index < -0.39 is 11.7 Å². The van der Waals surface area contributed by atoms with Gasteiger partial charge in [-0.1, -0.05) is 20.8 Å². The van der Waals surface area contributed by atoms with Crippen LogP contribution in [0.4, 0.5) is 13.2 Å². The third kappa shape index (κ3) is 5.96. The first-order valence-electron chi connectivity index (χ1n) is 11.4. The van der Waals surface area contributed by atoms with Gasteiger partial charge >= 0.3 is 6.18 Å². The summed E-state index contributed by atoms with van der Waals surface area (Å²) in [6.45, 7) is 6.20. The number of hydrogen-bond acceptors (Lipinski definition) is 6. The van der Waals surface area contributed by atoms with Gasteiger partial charge in [-0.15, -0.1) is 0 Å². The quantitative estimate of drug-likeness (QED) is 0.267. The Morgan fingerprint density at radius 3 is 2.39 bits per heavy atom. The van der Waals surface area contributed by atoms with Crippen LogP contribution in [-0.2, 0) is 17.4 Å². The summed E-state index contributed by atoms with van der Waals surface area (Å²) in [5.74, 6) is 1.42. The number of aldehydes is 1. The number of furan rings is 1. The molecule has 192 valence electrons. The molecule has 0 aliphatic carbocycles. The van der Waals surface area contributed by atoms with Gasteiger partial charge in [0.2, 0.25) is 5.89 Å². The zero-order chi connectivity index (χ0) is 26.5. The molecule has 36 heavy (non-hydrogen) atoms. The molecule has 0 amide bonds. The fraction of sp³-hybridized carbons (Fsp3) is 0.333. The van der Waals surface area contributed by atoms with Gasteiger partial charge in [0.25, 0.3) is 0 Å². The number of aromatic nitrogens is 1. The molecule has 2 aromatic carbocycles. The fourth-order valence-corrected chi connectivity index (χ4v) is 3.73. The number of aliphatic hydroxyl groups excluding tert-OH is 1. The second-order valence-corrected chi connectivity index (χ2v) is 8.50. The van der Waals surface area contributed by atoms with Crippen molar-refractivity contribution in [2.75, 3.05) is 13.7 Å². The summed E-state index contributed by atoms with van der Waals surface area (Å²) in [6.07, 6.45) is -1.71. The van der Waals surface area contributed by atoms with Gasteiger partial charge in [0, 0.05) is 36.1 Å². The van der Waals surface area contributed by atoms with Gasteiger partial charge in [-0.3, -0.25) is 0 Å². The molecule has 2 heterocycles. The highest BCUT2D eigenvalue weighted by molar-refractivity contribution is 5.84. The van der Waals surface area contributed by atoms with Crippen molar-refractivity contribution in [1.29, 1.82) is 0 Å². The number of fused-ring (bicyclic) bond motifs is 1. The predicted molar refractivity (Wildman–Crippen MR) is 129 cm³/mol. The Labute approximate surface area is 206 Å². The highest BCUT2D eigenvalue weighted by atomic mass is 19.4. The lowest BCUT2D eigenvalue weighted by Gasteiger charge is -2.13. The van der Waals surface area contributed by atoms with E-state index in [1.807, 2.05) is 32.9 Å². The fourth-order valence-electron chi connectivity index (χ4n) is 3.73. The summed E-state index contributed by atoms with van der Waals surface area (Å²) in [4.78, 5) is 15.4. The third-order valence-corrected chi connectivity index (χ3v) is 5.57.